The molecule has 1 amide bonds. The van der Waals surface area contributed by atoms with E-state index in [1.54, 1.807) is 0 Å². The second-order valence-electron chi connectivity index (χ2n) is 5.79. The van der Waals surface area contributed by atoms with Crippen molar-refractivity contribution < 1.29 is 10.5 Å². The van der Waals surface area contributed by atoms with Gasteiger partial charge in [-0.1, -0.05) is 37.6 Å². The highest BCUT2D eigenvalue weighted by Crippen LogP contribution is 2.20. The maximum atomic E-state index is 11.9. The number of amides is 1. The van der Waals surface area contributed by atoms with Crippen LogP contribution in [0.25, 0.3) is 10.9 Å². The van der Waals surface area contributed by atoms with Crippen LogP contribution in [-0.4, -0.2) is 23.1 Å². The predicted octanol–water partition coefficient (Wildman–Crippen LogP) is 2.30. The number of fused-ring (bicyclic) bond motifs is 1. The number of rotatable bonds is 5. The average Bonchev–Trinajstić information content (AvgIpc) is 2.53. The minimum Gasteiger partial charge on any atom is -0.347 e. The molecule has 2 rings (SSSR count). The van der Waals surface area contributed by atoms with Gasteiger partial charge in [0.15, 0.2) is 6.04 Å². The van der Waals surface area contributed by atoms with Gasteiger partial charge in [-0.15, -0.1) is 0 Å². The Morgan fingerprint density at radius 2 is 2.22 bits per heavy atom. The molecule has 0 unspecified atom stereocenters. The molecule has 1 aromatic carbocycles. The summed E-state index contributed by atoms with van der Waals surface area (Å²) in [6.45, 7) is 6.03. The fourth-order valence-corrected chi connectivity index (χ4v) is 2.35. The van der Waals surface area contributed by atoms with Gasteiger partial charge in [0.25, 0.3) is 5.91 Å². The number of pyridine rings is 1. The summed E-state index contributed by atoms with van der Waals surface area (Å²) in [6, 6.07) is 7.55. The Balaban J connectivity index is 2.13. The lowest BCUT2D eigenvalue weighted by atomic mass is 10.00. The molecule has 0 radical (unpaired) electrons. The highest BCUT2D eigenvalue weighted by atomic mass is 35.5. The standard InChI is InChI=1S/C17H21ClN4O/c1-4-11(3)15(19)17(23)22-20-9-13-8-12-6-5-10(2)7-14(12)21-16(13)18/h5-9,11,15H,4,19H2,1-3H3,(H,22,23)/p+1/b20-9-/t11-,15+/m1/s1. The van der Waals surface area contributed by atoms with Crippen LogP contribution in [0.15, 0.2) is 29.4 Å². The number of halogens is 1. The van der Waals surface area contributed by atoms with Crippen molar-refractivity contribution >= 4 is 34.6 Å². The Kier molecular flexibility index (Phi) is 5.69. The smallest absolute Gasteiger partial charge is 0.298 e. The third kappa shape index (κ3) is 4.27. The lowest BCUT2D eigenvalue weighted by Crippen LogP contribution is -2.69. The second-order valence-corrected chi connectivity index (χ2v) is 6.15. The number of benzene rings is 1. The zero-order valence-corrected chi connectivity index (χ0v) is 14.4. The number of hydrogen-bond acceptors (Lipinski definition) is 3. The van der Waals surface area contributed by atoms with Crippen molar-refractivity contribution in [2.24, 2.45) is 11.0 Å². The van der Waals surface area contributed by atoms with Crippen LogP contribution in [0.2, 0.25) is 5.15 Å². The molecule has 0 aliphatic rings. The van der Waals surface area contributed by atoms with Crippen molar-refractivity contribution in [3.8, 4) is 0 Å². The van der Waals surface area contributed by atoms with Gasteiger partial charge in [0, 0.05) is 16.9 Å². The van der Waals surface area contributed by atoms with Gasteiger partial charge in [-0.3, -0.25) is 4.79 Å². The lowest BCUT2D eigenvalue weighted by Gasteiger charge is -2.12. The predicted molar refractivity (Wildman–Crippen MR) is 93.4 cm³/mol. The van der Waals surface area contributed by atoms with Gasteiger partial charge in [-0.05, 0) is 31.0 Å². The number of nitrogens with one attached hydrogen (secondary N) is 1. The Hall–Kier alpha value is -1.98. The van der Waals surface area contributed by atoms with E-state index in [2.05, 4.69) is 21.2 Å². The maximum Gasteiger partial charge on any atom is 0.298 e. The van der Waals surface area contributed by atoms with Crippen LogP contribution < -0.4 is 11.2 Å². The highest BCUT2D eigenvalue weighted by molar-refractivity contribution is 6.32. The fraction of sp³-hybridized carbons (Fsp3) is 0.353. The van der Waals surface area contributed by atoms with E-state index in [0.29, 0.717) is 10.7 Å². The van der Waals surface area contributed by atoms with Crippen LogP contribution in [0.3, 0.4) is 0 Å². The molecule has 122 valence electrons. The minimum atomic E-state index is -0.328. The number of aromatic nitrogens is 1. The number of aryl methyl sites for hydroxylation is 1. The van der Waals surface area contributed by atoms with Crippen molar-refractivity contribution in [1.82, 2.24) is 10.4 Å². The van der Waals surface area contributed by atoms with E-state index in [1.807, 2.05) is 45.0 Å². The number of carbonyl (C=O) groups excluding carboxylic acids is 1. The topological polar surface area (TPSA) is 82.0 Å². The number of carbonyl (C=O) groups is 1. The molecule has 0 aliphatic heterocycles. The van der Waals surface area contributed by atoms with Gasteiger partial charge in [0.1, 0.15) is 5.15 Å². The molecular formula is C17H22ClN4O+. The Bertz CT molecular complexity index is 745. The van der Waals surface area contributed by atoms with Crippen molar-refractivity contribution in [3.63, 3.8) is 0 Å². The SMILES string of the molecule is CC[C@@H](C)[C@H]([NH3+])C(=O)N/N=C\c1cc2ccc(C)cc2nc1Cl. The van der Waals surface area contributed by atoms with E-state index < -0.39 is 0 Å². The van der Waals surface area contributed by atoms with Gasteiger partial charge >= 0.3 is 0 Å². The molecule has 0 fully saturated rings. The Labute approximate surface area is 140 Å². The fourth-order valence-electron chi connectivity index (χ4n) is 2.15. The third-order valence-electron chi connectivity index (χ3n) is 4.00. The average molecular weight is 334 g/mol. The lowest BCUT2D eigenvalue weighted by molar-refractivity contribution is -0.415. The Morgan fingerprint density at radius 3 is 2.91 bits per heavy atom. The summed E-state index contributed by atoms with van der Waals surface area (Å²) in [5.41, 5.74) is 9.01. The van der Waals surface area contributed by atoms with Gasteiger partial charge in [-0.25, -0.2) is 10.4 Å². The van der Waals surface area contributed by atoms with Gasteiger partial charge in [0.05, 0.1) is 11.7 Å². The van der Waals surface area contributed by atoms with Crippen molar-refractivity contribution in [2.45, 2.75) is 33.2 Å². The summed E-state index contributed by atoms with van der Waals surface area (Å²) < 4.78 is 0. The number of nitrogens with zero attached hydrogens (tertiary/aromatic N) is 2. The Morgan fingerprint density at radius 1 is 1.48 bits per heavy atom. The summed E-state index contributed by atoms with van der Waals surface area (Å²) in [7, 11) is 0. The first-order valence-corrected chi connectivity index (χ1v) is 8.03. The molecule has 1 aromatic heterocycles. The summed E-state index contributed by atoms with van der Waals surface area (Å²) in [5, 5.41) is 5.31. The molecule has 0 saturated heterocycles. The summed E-state index contributed by atoms with van der Waals surface area (Å²) in [4.78, 5) is 16.3. The molecule has 2 aromatic rings. The van der Waals surface area contributed by atoms with Crippen LogP contribution in [0.5, 0.6) is 0 Å². The maximum absolute atomic E-state index is 11.9. The van der Waals surface area contributed by atoms with E-state index in [9.17, 15) is 4.79 Å². The molecule has 5 nitrogen and oxygen atoms in total. The normalized spacial score (nSPS) is 14.1. The van der Waals surface area contributed by atoms with Crippen LogP contribution in [0.1, 0.15) is 31.4 Å². The van der Waals surface area contributed by atoms with Gasteiger partial charge in [-0.2, -0.15) is 5.10 Å². The summed E-state index contributed by atoms with van der Waals surface area (Å²) >= 11 is 6.18. The number of hydrogen-bond donors (Lipinski definition) is 2. The van der Waals surface area contributed by atoms with E-state index >= 15 is 0 Å². The summed E-state index contributed by atoms with van der Waals surface area (Å²) in [5.74, 6) is 0.00968. The van der Waals surface area contributed by atoms with Gasteiger partial charge in [0.2, 0.25) is 0 Å². The van der Waals surface area contributed by atoms with Crippen molar-refractivity contribution in [2.75, 3.05) is 0 Å². The molecule has 2 atom stereocenters. The molecule has 6 heteroatoms. The molecular weight excluding hydrogens is 312 g/mol. The third-order valence-corrected chi connectivity index (χ3v) is 4.30. The van der Waals surface area contributed by atoms with E-state index in [4.69, 9.17) is 11.6 Å². The van der Waals surface area contributed by atoms with Crippen molar-refractivity contribution in [3.05, 3.63) is 40.5 Å². The molecule has 0 bridgehead atoms. The molecule has 1 heterocycles. The monoisotopic (exact) mass is 333 g/mol. The van der Waals surface area contributed by atoms with Gasteiger partial charge < -0.3 is 5.73 Å². The minimum absolute atomic E-state index is 0.198. The second kappa shape index (κ2) is 7.53. The van der Waals surface area contributed by atoms with E-state index in [0.717, 1.165) is 22.9 Å². The molecule has 4 N–H and O–H groups in total. The number of hydrazone groups is 1. The first kappa shape index (κ1) is 17.4. The highest BCUT2D eigenvalue weighted by Gasteiger charge is 2.22. The quantitative estimate of drug-likeness (QED) is 0.500. The van der Waals surface area contributed by atoms with Crippen LogP contribution >= 0.6 is 11.6 Å². The molecule has 23 heavy (non-hydrogen) atoms. The van der Waals surface area contributed by atoms with Crippen LogP contribution in [-0.2, 0) is 4.79 Å². The van der Waals surface area contributed by atoms with E-state index in [1.165, 1.54) is 6.21 Å². The molecule has 0 aliphatic carbocycles. The number of quaternary nitrogens is 1. The molecule has 0 spiro atoms. The zero-order chi connectivity index (χ0) is 17.0. The van der Waals surface area contributed by atoms with Crippen LogP contribution in [0, 0.1) is 12.8 Å². The summed E-state index contributed by atoms with van der Waals surface area (Å²) in [6.07, 6.45) is 2.40. The zero-order valence-electron chi connectivity index (χ0n) is 13.6. The van der Waals surface area contributed by atoms with Crippen LogP contribution in [0.4, 0.5) is 0 Å². The first-order chi connectivity index (χ1) is 10.9. The van der Waals surface area contributed by atoms with Crippen molar-refractivity contribution in [1.29, 1.82) is 0 Å². The molecule has 0 saturated carbocycles. The largest absolute Gasteiger partial charge is 0.347 e. The first-order valence-electron chi connectivity index (χ1n) is 7.65. The van der Waals surface area contributed by atoms with E-state index in [-0.39, 0.29) is 17.9 Å².